The molecule has 1 radical (unpaired) electrons. The third-order valence-corrected chi connectivity index (χ3v) is 5.33. The van der Waals surface area contributed by atoms with E-state index in [1.54, 1.807) is 0 Å². The van der Waals surface area contributed by atoms with Gasteiger partial charge in [-0.3, -0.25) is 4.79 Å². The van der Waals surface area contributed by atoms with Crippen molar-refractivity contribution in [3.05, 3.63) is 40.5 Å². The number of Topliss-reactive ketones (excluding diaryl/α,β-unsaturated/α-hetero) is 1. The van der Waals surface area contributed by atoms with E-state index in [-0.39, 0.29) is 93.0 Å². The molecule has 34 heavy (non-hydrogen) atoms. The van der Waals surface area contributed by atoms with Gasteiger partial charge >= 0.3 is 5.97 Å². The molecule has 0 spiro atoms. The van der Waals surface area contributed by atoms with Gasteiger partial charge in [0.25, 0.3) is 0 Å². The maximum Gasteiger partial charge on any atom is 0.340 e. The van der Waals surface area contributed by atoms with Gasteiger partial charge in [0.2, 0.25) is 12.5 Å². The average molecular weight is 499 g/mol. The Bertz CT molecular complexity index is 1050. The molecule has 0 unspecified atom stereocenters. The van der Waals surface area contributed by atoms with Crippen molar-refractivity contribution in [2.75, 3.05) is 48.3 Å². The standard InChI is InChI=1S/C24H29NO8.K/c1-6-31-21-16(14(9-10-25(2)3)11-19-23(21)33-13-32-19)12-17(26)15-7-8-18(29-4)22(30-5)20(15)24(27)28;/h7-8,11H,6,9-10,12-13H2,1-5H3,(H,27,28);. The minimum atomic E-state index is -1.28. The van der Waals surface area contributed by atoms with Gasteiger partial charge < -0.3 is 33.7 Å². The van der Waals surface area contributed by atoms with Gasteiger partial charge in [0.1, 0.15) is 5.56 Å². The number of hydrogen-bond acceptors (Lipinski definition) is 8. The molecule has 9 nitrogen and oxygen atoms in total. The summed E-state index contributed by atoms with van der Waals surface area (Å²) in [5.41, 5.74) is 1.32. The number of carbonyl (C=O) groups excluding carboxylic acids is 1. The van der Waals surface area contributed by atoms with Crippen LogP contribution in [0.2, 0.25) is 0 Å². The van der Waals surface area contributed by atoms with Crippen molar-refractivity contribution in [2.24, 2.45) is 0 Å². The van der Waals surface area contributed by atoms with Gasteiger partial charge in [0, 0.05) is 75.5 Å². The van der Waals surface area contributed by atoms with Crippen LogP contribution in [0.25, 0.3) is 0 Å². The quantitative estimate of drug-likeness (QED) is 0.370. The largest absolute Gasteiger partial charge is 0.493 e. The van der Waals surface area contributed by atoms with E-state index in [1.165, 1.54) is 26.4 Å². The topological polar surface area (TPSA) is 104 Å². The van der Waals surface area contributed by atoms with Gasteiger partial charge in [-0.2, -0.15) is 0 Å². The van der Waals surface area contributed by atoms with Gasteiger partial charge in [-0.05, 0) is 51.2 Å². The molecule has 0 aliphatic carbocycles. The minimum absolute atomic E-state index is 0. The van der Waals surface area contributed by atoms with Crippen LogP contribution in [-0.2, 0) is 12.8 Å². The van der Waals surface area contributed by atoms with Crippen molar-refractivity contribution < 1.29 is 38.4 Å². The van der Waals surface area contributed by atoms with Crippen LogP contribution in [-0.4, -0.2) is 121 Å². The van der Waals surface area contributed by atoms with Crippen LogP contribution in [0.3, 0.4) is 0 Å². The molecular weight excluding hydrogens is 469 g/mol. The number of carbonyl (C=O) groups is 2. The maximum atomic E-state index is 13.5. The normalized spacial score (nSPS) is 11.7. The van der Waals surface area contributed by atoms with Crippen LogP contribution >= 0.6 is 0 Å². The Morgan fingerprint density at radius 1 is 1.12 bits per heavy atom. The Morgan fingerprint density at radius 3 is 2.44 bits per heavy atom. The number of ether oxygens (including phenoxy) is 5. The molecule has 0 bridgehead atoms. The summed E-state index contributed by atoms with van der Waals surface area (Å²) in [6.45, 7) is 3.02. The molecule has 3 rings (SSSR count). The van der Waals surface area contributed by atoms with E-state index in [9.17, 15) is 14.7 Å². The number of methoxy groups -OCH3 is 2. The van der Waals surface area contributed by atoms with Crippen LogP contribution in [0.1, 0.15) is 38.8 Å². The number of ketones is 1. The molecule has 1 N–H and O–H groups in total. The molecule has 0 atom stereocenters. The van der Waals surface area contributed by atoms with Crippen LogP contribution in [0.15, 0.2) is 18.2 Å². The average Bonchev–Trinajstić information content (AvgIpc) is 3.26. The smallest absolute Gasteiger partial charge is 0.340 e. The fourth-order valence-corrected chi connectivity index (χ4v) is 3.79. The van der Waals surface area contributed by atoms with E-state index in [0.29, 0.717) is 35.8 Å². The van der Waals surface area contributed by atoms with E-state index in [1.807, 2.05) is 32.0 Å². The van der Waals surface area contributed by atoms with Gasteiger partial charge in [-0.25, -0.2) is 4.79 Å². The zero-order valence-corrected chi connectivity index (χ0v) is 23.6. The number of likely N-dealkylation sites (N-methyl/N-ethyl adjacent to an activating group) is 1. The molecular formula is C24H29KNO8. The van der Waals surface area contributed by atoms with Crippen LogP contribution in [0.4, 0.5) is 0 Å². The predicted octanol–water partition coefficient (Wildman–Crippen LogP) is 2.68. The van der Waals surface area contributed by atoms with Crippen molar-refractivity contribution in [2.45, 2.75) is 19.8 Å². The molecule has 0 saturated carbocycles. The van der Waals surface area contributed by atoms with Gasteiger partial charge in [0.05, 0.1) is 20.8 Å². The van der Waals surface area contributed by atoms with Gasteiger partial charge in [-0.1, -0.05) is 0 Å². The minimum Gasteiger partial charge on any atom is -0.493 e. The van der Waals surface area contributed by atoms with Crippen molar-refractivity contribution in [1.82, 2.24) is 4.90 Å². The SMILES string of the molecule is CCOc1c(CC(=O)c2ccc(OC)c(OC)c2C(=O)O)c(CCN(C)C)cc2c1OCO2.[K]. The first-order valence-electron chi connectivity index (χ1n) is 10.6. The molecule has 2 aromatic rings. The molecule has 1 aliphatic heterocycles. The van der Waals surface area contributed by atoms with E-state index < -0.39 is 5.97 Å². The van der Waals surface area contributed by atoms with E-state index in [0.717, 1.165) is 12.1 Å². The molecule has 10 heteroatoms. The molecule has 0 fully saturated rings. The molecule has 0 saturated heterocycles. The Hall–Kier alpha value is -1.82. The number of rotatable bonds is 11. The van der Waals surface area contributed by atoms with Crippen molar-refractivity contribution >= 4 is 63.1 Å². The second-order valence-corrected chi connectivity index (χ2v) is 7.69. The first-order chi connectivity index (χ1) is 15.8. The monoisotopic (exact) mass is 498 g/mol. The summed E-state index contributed by atoms with van der Waals surface area (Å²) >= 11 is 0. The zero-order valence-electron chi connectivity index (χ0n) is 20.5. The first-order valence-corrected chi connectivity index (χ1v) is 10.6. The second kappa shape index (κ2) is 12.8. The summed E-state index contributed by atoms with van der Waals surface area (Å²) in [6, 6.07) is 4.83. The number of hydrogen-bond donors (Lipinski definition) is 1. The third-order valence-electron chi connectivity index (χ3n) is 5.33. The summed E-state index contributed by atoms with van der Waals surface area (Å²) < 4.78 is 27.5. The number of benzene rings is 2. The Balaban J connectivity index is 0.00000408. The van der Waals surface area contributed by atoms with E-state index in [2.05, 4.69) is 0 Å². The summed E-state index contributed by atoms with van der Waals surface area (Å²) in [5, 5.41) is 9.82. The molecule has 0 amide bonds. The molecule has 1 aliphatic rings. The Morgan fingerprint density at radius 2 is 1.85 bits per heavy atom. The van der Waals surface area contributed by atoms with Crippen LogP contribution < -0.4 is 23.7 Å². The number of carboxylic acids is 1. The summed E-state index contributed by atoms with van der Waals surface area (Å²) in [5.74, 6) is 0.0410. The van der Waals surface area contributed by atoms with E-state index >= 15 is 0 Å². The fourth-order valence-electron chi connectivity index (χ4n) is 3.79. The predicted molar refractivity (Wildman–Crippen MR) is 126 cm³/mol. The Labute approximate surface area is 241 Å². The fraction of sp³-hybridized carbons (Fsp3) is 0.417. The second-order valence-electron chi connectivity index (χ2n) is 7.69. The molecule has 0 aromatic heterocycles. The summed E-state index contributed by atoms with van der Waals surface area (Å²) in [6.07, 6.45) is 0.564. The molecule has 2 aromatic carbocycles. The van der Waals surface area contributed by atoms with Gasteiger partial charge in [-0.15, -0.1) is 0 Å². The molecule has 1 heterocycles. The Kier molecular flexibility index (Phi) is 10.7. The number of fused-ring (bicyclic) bond motifs is 1. The number of carboxylic acid groups (broad SMARTS) is 1. The maximum absolute atomic E-state index is 13.5. The van der Waals surface area contributed by atoms with E-state index in [4.69, 9.17) is 23.7 Å². The summed E-state index contributed by atoms with van der Waals surface area (Å²) in [7, 11) is 6.67. The van der Waals surface area contributed by atoms with Crippen LogP contribution in [0.5, 0.6) is 28.7 Å². The first kappa shape index (κ1) is 28.4. The molecule has 179 valence electrons. The number of nitrogens with zero attached hydrogens (tertiary/aromatic N) is 1. The van der Waals surface area contributed by atoms with Crippen molar-refractivity contribution in [3.63, 3.8) is 0 Å². The third kappa shape index (κ3) is 6.05. The van der Waals surface area contributed by atoms with Crippen LogP contribution in [0, 0.1) is 0 Å². The van der Waals surface area contributed by atoms with Crippen molar-refractivity contribution in [3.8, 4) is 28.7 Å². The zero-order chi connectivity index (χ0) is 24.1. The van der Waals surface area contributed by atoms with Gasteiger partial charge in [0.15, 0.2) is 28.8 Å². The van der Waals surface area contributed by atoms with Crippen molar-refractivity contribution in [1.29, 1.82) is 0 Å². The number of aromatic carboxylic acids is 1. The summed E-state index contributed by atoms with van der Waals surface area (Å²) in [4.78, 5) is 27.5.